The lowest BCUT2D eigenvalue weighted by Gasteiger charge is -2.41. The number of anilines is 1. The zero-order valence-corrected chi connectivity index (χ0v) is 21.8. The molecule has 1 saturated carbocycles. The van der Waals surface area contributed by atoms with Crippen molar-refractivity contribution in [1.29, 1.82) is 0 Å². The van der Waals surface area contributed by atoms with Gasteiger partial charge in [-0.15, -0.1) is 0 Å². The number of hydrogen-bond donors (Lipinski definition) is 2. The van der Waals surface area contributed by atoms with Crippen LogP contribution in [0, 0.1) is 0 Å². The molecule has 2 N–H and O–H groups in total. The van der Waals surface area contributed by atoms with Crippen LogP contribution < -0.4 is 10.2 Å². The third kappa shape index (κ3) is 6.96. The van der Waals surface area contributed by atoms with Gasteiger partial charge in [0.05, 0.1) is 18.1 Å². The molecular weight excluding hydrogens is 612 g/mol. The van der Waals surface area contributed by atoms with Crippen LogP contribution in [0.5, 0.6) is 0 Å². The lowest BCUT2D eigenvalue weighted by atomic mass is 9.91. The molecule has 42 heavy (non-hydrogen) atoms. The fourth-order valence-corrected chi connectivity index (χ4v) is 5.15. The summed E-state index contributed by atoms with van der Waals surface area (Å²) < 4.78 is 136. The summed E-state index contributed by atoms with van der Waals surface area (Å²) in [6.07, 6.45) is -3.69. The second-order valence-corrected chi connectivity index (χ2v) is 12.0. The summed E-state index contributed by atoms with van der Waals surface area (Å²) in [7, 11) is -10.2. The number of carbonyl (C=O) groups is 2. The molecule has 4 rings (SSSR count). The highest BCUT2D eigenvalue weighted by atomic mass is 32.5. The number of pyridine rings is 1. The average molecular weight is 634 g/mol. The fourth-order valence-electron chi connectivity index (χ4n) is 4.49. The van der Waals surface area contributed by atoms with Crippen LogP contribution in [0.3, 0.4) is 0 Å². The first-order valence-electron chi connectivity index (χ1n) is 12.0. The third-order valence-electron chi connectivity index (χ3n) is 6.53. The number of benzene rings is 1. The summed E-state index contributed by atoms with van der Waals surface area (Å²) in [5, 5.41) is 2.35. The van der Waals surface area contributed by atoms with Gasteiger partial charge >= 0.3 is 16.4 Å². The van der Waals surface area contributed by atoms with E-state index in [4.69, 9.17) is 0 Å². The van der Waals surface area contributed by atoms with Crippen LogP contribution in [-0.4, -0.2) is 38.7 Å². The van der Waals surface area contributed by atoms with E-state index in [1.54, 1.807) is 0 Å². The summed E-state index contributed by atoms with van der Waals surface area (Å²) in [6.45, 7) is 0. The molecule has 1 aliphatic carbocycles. The molecule has 0 radical (unpaired) electrons. The van der Waals surface area contributed by atoms with Crippen LogP contribution in [0.2, 0.25) is 0 Å². The molecule has 2 heterocycles. The lowest BCUT2D eigenvalue weighted by Crippen LogP contribution is -2.49. The Morgan fingerprint density at radius 3 is 2.12 bits per heavy atom. The number of halogens is 10. The average Bonchev–Trinajstić information content (AvgIpc) is 3.41. The summed E-state index contributed by atoms with van der Waals surface area (Å²) in [5.41, 5.74) is -3.47. The van der Waals surface area contributed by atoms with Gasteiger partial charge in [0.2, 0.25) is 11.8 Å². The first kappa shape index (κ1) is 31.1. The molecule has 18 heteroatoms. The summed E-state index contributed by atoms with van der Waals surface area (Å²) in [5.74, 6) is -5.62. The van der Waals surface area contributed by atoms with Crippen LogP contribution in [0.15, 0.2) is 60.1 Å². The van der Waals surface area contributed by atoms with Crippen molar-refractivity contribution >= 4 is 27.7 Å². The van der Waals surface area contributed by atoms with Crippen LogP contribution in [-0.2, 0) is 11.0 Å². The van der Waals surface area contributed by atoms with Gasteiger partial charge in [-0.1, -0.05) is 19.4 Å². The second kappa shape index (κ2) is 9.88. The first-order valence-corrected chi connectivity index (χ1v) is 14.0. The molecule has 2 amide bonds. The Labute approximate surface area is 231 Å². The van der Waals surface area contributed by atoms with Gasteiger partial charge in [0.15, 0.2) is 0 Å². The van der Waals surface area contributed by atoms with E-state index in [0.29, 0.717) is 29.3 Å². The summed E-state index contributed by atoms with van der Waals surface area (Å²) in [6, 6.07) is -2.12. The molecule has 0 spiro atoms. The number of amides is 2. The number of nitrogens with one attached hydrogen (secondary N) is 2. The van der Waals surface area contributed by atoms with Gasteiger partial charge in [-0.2, -0.15) is 13.2 Å². The minimum absolute atomic E-state index is 0.0732. The van der Waals surface area contributed by atoms with E-state index in [0.717, 1.165) is 18.7 Å². The summed E-state index contributed by atoms with van der Waals surface area (Å²) in [4.78, 5) is 34.8. The first-order chi connectivity index (χ1) is 19.2. The number of rotatable bonds is 7. The van der Waals surface area contributed by atoms with Crippen molar-refractivity contribution in [2.45, 2.75) is 54.8 Å². The number of carbonyl (C=O) groups excluding carboxylic acids is 2. The molecule has 0 aliphatic heterocycles. The van der Waals surface area contributed by atoms with E-state index in [2.05, 4.69) is 20.3 Å². The van der Waals surface area contributed by atoms with Crippen molar-refractivity contribution < 1.29 is 51.0 Å². The number of H-pyrrole nitrogens is 1. The van der Waals surface area contributed by atoms with Crippen molar-refractivity contribution in [3.63, 3.8) is 0 Å². The SMILES string of the molecule is O=C(NC1CCC(F)(F)CC1)C(c1cnccc1C(F)(F)F)N(C(=O)c1cnc[nH]1)c1ccc(S(F)(F)(F)(F)F)cc1. The maximum absolute atomic E-state index is 14.1. The number of hydrogen-bond acceptors (Lipinski definition) is 4. The number of aromatic nitrogens is 3. The van der Waals surface area contributed by atoms with E-state index >= 15 is 0 Å². The Bertz CT molecular complexity index is 1450. The largest absolute Gasteiger partial charge is 0.416 e. The van der Waals surface area contributed by atoms with E-state index < -0.39 is 86.5 Å². The minimum Gasteiger partial charge on any atom is -0.351 e. The number of alkyl halides is 5. The van der Waals surface area contributed by atoms with Crippen LogP contribution >= 0.6 is 10.2 Å². The number of aromatic amines is 1. The second-order valence-electron chi connectivity index (χ2n) is 9.61. The normalized spacial score (nSPS) is 18.4. The predicted molar refractivity (Wildman–Crippen MR) is 131 cm³/mol. The molecule has 7 nitrogen and oxygen atoms in total. The van der Waals surface area contributed by atoms with Gasteiger partial charge in [0.1, 0.15) is 16.6 Å². The van der Waals surface area contributed by atoms with E-state index in [-0.39, 0.29) is 25.0 Å². The third-order valence-corrected chi connectivity index (χ3v) is 7.69. The van der Waals surface area contributed by atoms with Crippen molar-refractivity contribution in [3.05, 3.63) is 72.1 Å². The van der Waals surface area contributed by atoms with Crippen molar-refractivity contribution in [2.75, 3.05) is 4.90 Å². The highest BCUT2D eigenvalue weighted by Crippen LogP contribution is 3.02. The van der Waals surface area contributed by atoms with E-state index in [1.807, 2.05) is 0 Å². The molecule has 2 aromatic heterocycles. The Hall–Kier alpha value is -3.83. The van der Waals surface area contributed by atoms with Crippen LogP contribution in [0.25, 0.3) is 0 Å². The molecule has 1 fully saturated rings. The fraction of sp³-hybridized carbons (Fsp3) is 0.333. The molecule has 1 aromatic carbocycles. The standard InChI is InChI=1S/C24H21F10N5O2S/c25-23(26)8-5-14(6-9-23)38-21(40)20(17-11-35-10-7-18(17)24(27,28)29)39(22(41)19-12-36-13-37-19)15-1-3-16(4-2-15)42(30,31,32,33)34/h1-4,7,10-14,20H,5-6,8-9H2,(H,36,37)(H,38,40). The molecule has 3 aromatic rings. The van der Waals surface area contributed by atoms with E-state index in [9.17, 15) is 51.0 Å². The van der Waals surface area contributed by atoms with Gasteiger partial charge in [0, 0.05) is 42.5 Å². The van der Waals surface area contributed by atoms with E-state index in [1.165, 1.54) is 0 Å². The van der Waals surface area contributed by atoms with Gasteiger partial charge in [-0.25, -0.2) is 13.8 Å². The van der Waals surface area contributed by atoms with Crippen molar-refractivity contribution in [3.8, 4) is 0 Å². The zero-order valence-electron chi connectivity index (χ0n) is 21.0. The monoisotopic (exact) mass is 633 g/mol. The quantitative estimate of drug-likeness (QED) is 0.263. The van der Waals surface area contributed by atoms with Gasteiger partial charge in [-0.05, 0) is 43.2 Å². The maximum atomic E-state index is 14.1. The Kier molecular flexibility index (Phi) is 7.32. The summed E-state index contributed by atoms with van der Waals surface area (Å²) >= 11 is 0. The van der Waals surface area contributed by atoms with Crippen molar-refractivity contribution in [1.82, 2.24) is 20.3 Å². The molecular formula is C24H21F10N5O2S. The molecule has 0 saturated heterocycles. The highest BCUT2D eigenvalue weighted by molar-refractivity contribution is 8.45. The molecule has 1 aliphatic rings. The van der Waals surface area contributed by atoms with Gasteiger partial charge in [-0.3, -0.25) is 19.5 Å². The Morgan fingerprint density at radius 1 is 0.976 bits per heavy atom. The van der Waals surface area contributed by atoms with Crippen LogP contribution in [0.1, 0.15) is 53.3 Å². The molecule has 1 atom stereocenters. The maximum Gasteiger partial charge on any atom is 0.416 e. The highest BCUT2D eigenvalue weighted by Gasteiger charge is 2.65. The number of nitrogens with zero attached hydrogens (tertiary/aromatic N) is 3. The minimum atomic E-state index is -10.2. The van der Waals surface area contributed by atoms with Gasteiger partial charge < -0.3 is 10.3 Å². The number of imidazole rings is 1. The lowest BCUT2D eigenvalue weighted by molar-refractivity contribution is -0.138. The smallest absolute Gasteiger partial charge is 0.351 e. The van der Waals surface area contributed by atoms with Crippen molar-refractivity contribution in [2.24, 2.45) is 0 Å². The zero-order chi connectivity index (χ0) is 31.2. The topological polar surface area (TPSA) is 91.0 Å². The Morgan fingerprint density at radius 2 is 1.60 bits per heavy atom. The predicted octanol–water partition coefficient (Wildman–Crippen LogP) is 7.56. The van der Waals surface area contributed by atoms with Crippen LogP contribution in [0.4, 0.5) is 47.1 Å². The molecule has 0 bridgehead atoms. The molecule has 230 valence electrons. The van der Waals surface area contributed by atoms with Gasteiger partial charge in [0.25, 0.3) is 5.91 Å². The molecule has 1 unspecified atom stereocenters. The Balaban J connectivity index is 1.88.